The van der Waals surface area contributed by atoms with E-state index in [4.69, 9.17) is 0 Å². The van der Waals surface area contributed by atoms with Gasteiger partial charge in [0.1, 0.15) is 12.6 Å². The van der Waals surface area contributed by atoms with E-state index in [1.165, 1.54) is 0 Å². The van der Waals surface area contributed by atoms with Crippen LogP contribution in [0, 0.1) is 0 Å². The van der Waals surface area contributed by atoms with Crippen molar-refractivity contribution in [3.8, 4) is 0 Å². The summed E-state index contributed by atoms with van der Waals surface area (Å²) in [5.41, 5.74) is -0.832. The summed E-state index contributed by atoms with van der Waals surface area (Å²) < 4.78 is 0.381. The maximum atomic E-state index is 10.8. The minimum absolute atomic E-state index is 0.381. The zero-order valence-corrected chi connectivity index (χ0v) is 7.73. The van der Waals surface area contributed by atoms with Crippen LogP contribution in [0.5, 0.6) is 0 Å². The predicted molar refractivity (Wildman–Crippen MR) is 44.4 cm³/mol. The first kappa shape index (κ1) is 9.15. The van der Waals surface area contributed by atoms with E-state index in [0.29, 0.717) is 23.0 Å². The molecule has 0 aliphatic carbocycles. The lowest BCUT2D eigenvalue weighted by Gasteiger charge is -2.40. The maximum Gasteiger partial charge on any atom is 0.249 e. The Morgan fingerprint density at radius 1 is 1.77 bits per heavy atom. The lowest BCUT2D eigenvalue weighted by Crippen LogP contribution is -2.60. The number of quaternary nitrogens is 1. The standard InChI is InChI=1S/C9H15NO3/c1-10-4-2-7(6-11)9(10,13)8(12)3-5-10/h2,8,12-13H,3-6H2,1H3/t8-,9+,10+/m1/s1. The highest BCUT2D eigenvalue weighted by atomic mass is 16.4. The van der Waals surface area contributed by atoms with Gasteiger partial charge in [-0.2, -0.15) is 0 Å². The molecule has 0 aromatic carbocycles. The quantitative estimate of drug-likeness (QED) is 0.374. The minimum Gasteiger partial charge on any atom is -0.851 e. The Kier molecular flexibility index (Phi) is 1.79. The highest BCUT2D eigenvalue weighted by Gasteiger charge is 2.61. The van der Waals surface area contributed by atoms with Crippen LogP contribution in [0.2, 0.25) is 0 Å². The van der Waals surface area contributed by atoms with Gasteiger partial charge in [-0.1, -0.05) is 0 Å². The van der Waals surface area contributed by atoms with Gasteiger partial charge in [-0.3, -0.25) is 4.48 Å². The second-order valence-electron chi connectivity index (χ2n) is 4.21. The van der Waals surface area contributed by atoms with Crippen molar-refractivity contribution in [2.24, 2.45) is 0 Å². The van der Waals surface area contributed by atoms with E-state index in [0.717, 1.165) is 6.54 Å². The number of aliphatic hydroxyl groups excluding tert-OH is 1. The van der Waals surface area contributed by atoms with E-state index >= 15 is 0 Å². The van der Waals surface area contributed by atoms with Crippen LogP contribution in [0.15, 0.2) is 11.6 Å². The summed E-state index contributed by atoms with van der Waals surface area (Å²) >= 11 is 0. The average Bonchev–Trinajstić information content (AvgIpc) is 2.48. The molecule has 0 aromatic rings. The van der Waals surface area contributed by atoms with Gasteiger partial charge in [-0.25, -0.2) is 0 Å². The number of rotatable bonds is 1. The van der Waals surface area contributed by atoms with E-state index in [1.54, 1.807) is 6.08 Å². The Morgan fingerprint density at radius 2 is 2.46 bits per heavy atom. The molecule has 0 saturated carbocycles. The number of hydrogen-bond acceptors (Lipinski definition) is 3. The fourth-order valence-corrected chi connectivity index (χ4v) is 2.56. The predicted octanol–water partition coefficient (Wildman–Crippen LogP) is -1.81. The fourth-order valence-electron chi connectivity index (χ4n) is 2.56. The van der Waals surface area contributed by atoms with E-state index < -0.39 is 18.4 Å². The van der Waals surface area contributed by atoms with Crippen LogP contribution in [0.25, 0.3) is 0 Å². The van der Waals surface area contributed by atoms with Crippen molar-refractivity contribution >= 4 is 0 Å². The van der Waals surface area contributed by atoms with Gasteiger partial charge < -0.3 is 15.3 Å². The summed E-state index contributed by atoms with van der Waals surface area (Å²) in [4.78, 5) is 0. The molecule has 74 valence electrons. The van der Waals surface area contributed by atoms with Crippen molar-refractivity contribution in [2.45, 2.75) is 18.2 Å². The molecule has 0 unspecified atom stereocenters. The Balaban J connectivity index is 2.41. The molecule has 13 heavy (non-hydrogen) atoms. The van der Waals surface area contributed by atoms with Gasteiger partial charge in [0.15, 0.2) is 0 Å². The molecule has 2 heterocycles. The second-order valence-corrected chi connectivity index (χ2v) is 4.21. The molecular weight excluding hydrogens is 170 g/mol. The van der Waals surface area contributed by atoms with Gasteiger partial charge in [0, 0.05) is 12.0 Å². The topological polar surface area (TPSA) is 63.5 Å². The van der Waals surface area contributed by atoms with Gasteiger partial charge in [-0.15, -0.1) is 6.61 Å². The van der Waals surface area contributed by atoms with Crippen LogP contribution in [0.3, 0.4) is 0 Å². The van der Waals surface area contributed by atoms with E-state index in [1.807, 2.05) is 7.05 Å². The molecule has 2 rings (SSSR count). The molecule has 4 nitrogen and oxygen atoms in total. The van der Waals surface area contributed by atoms with Crippen LogP contribution in [-0.4, -0.2) is 53.3 Å². The number of likely N-dealkylation sites (N-methyl/N-ethyl adjacent to an activating group) is 1. The molecule has 0 radical (unpaired) electrons. The number of aliphatic hydroxyl groups is 2. The summed E-state index contributed by atoms with van der Waals surface area (Å²) in [6.45, 7) is 0.976. The van der Waals surface area contributed by atoms with Crippen LogP contribution >= 0.6 is 0 Å². The number of nitrogens with zero attached hydrogens (tertiary/aromatic N) is 1. The third-order valence-electron chi connectivity index (χ3n) is 3.55. The maximum absolute atomic E-state index is 10.8. The molecule has 2 N–H and O–H groups in total. The molecule has 0 spiro atoms. The number of fused-ring (bicyclic) bond motifs is 1. The Labute approximate surface area is 77.3 Å². The molecule has 4 heteroatoms. The van der Waals surface area contributed by atoms with Gasteiger partial charge in [0.05, 0.1) is 13.6 Å². The van der Waals surface area contributed by atoms with Gasteiger partial charge in [0.25, 0.3) is 0 Å². The molecule has 1 fully saturated rings. The largest absolute Gasteiger partial charge is 0.851 e. The lowest BCUT2D eigenvalue weighted by molar-refractivity contribution is -0.955. The summed E-state index contributed by atoms with van der Waals surface area (Å²) in [5.74, 6) is 0. The monoisotopic (exact) mass is 185 g/mol. The molecule has 2 aliphatic rings. The molecule has 0 amide bonds. The summed E-state index contributed by atoms with van der Waals surface area (Å²) in [6, 6.07) is 0. The van der Waals surface area contributed by atoms with Crippen molar-refractivity contribution in [1.82, 2.24) is 0 Å². The lowest BCUT2D eigenvalue weighted by atomic mass is 10.00. The van der Waals surface area contributed by atoms with Gasteiger partial charge in [-0.05, 0) is 6.08 Å². The highest BCUT2D eigenvalue weighted by molar-refractivity contribution is 5.21. The Hall–Kier alpha value is -0.420. The van der Waals surface area contributed by atoms with Crippen LogP contribution in [0.4, 0.5) is 0 Å². The van der Waals surface area contributed by atoms with Crippen molar-refractivity contribution in [1.29, 1.82) is 0 Å². The third-order valence-corrected chi connectivity index (χ3v) is 3.55. The molecule has 0 bridgehead atoms. The first-order valence-electron chi connectivity index (χ1n) is 4.57. The van der Waals surface area contributed by atoms with Crippen molar-refractivity contribution < 1.29 is 19.8 Å². The zero-order valence-electron chi connectivity index (χ0n) is 7.73. The zero-order chi connectivity index (χ0) is 9.69. The van der Waals surface area contributed by atoms with E-state index in [2.05, 4.69) is 0 Å². The Bertz CT molecular complexity index is 266. The van der Waals surface area contributed by atoms with Crippen LogP contribution < -0.4 is 5.11 Å². The van der Waals surface area contributed by atoms with Crippen molar-refractivity contribution in [3.05, 3.63) is 11.6 Å². The average molecular weight is 185 g/mol. The first-order valence-corrected chi connectivity index (χ1v) is 4.57. The highest BCUT2D eigenvalue weighted by Crippen LogP contribution is 2.42. The minimum atomic E-state index is -1.29. The molecule has 0 aromatic heterocycles. The van der Waals surface area contributed by atoms with Gasteiger partial charge >= 0.3 is 0 Å². The first-order chi connectivity index (χ1) is 6.04. The smallest absolute Gasteiger partial charge is 0.249 e. The van der Waals surface area contributed by atoms with Gasteiger partial charge in [0.2, 0.25) is 5.72 Å². The van der Waals surface area contributed by atoms with Crippen LogP contribution in [-0.2, 0) is 0 Å². The molecule has 2 aliphatic heterocycles. The summed E-state index contributed by atoms with van der Waals surface area (Å²) in [6.07, 6.45) is 1.57. The van der Waals surface area contributed by atoms with E-state index in [9.17, 15) is 15.3 Å². The second kappa shape index (κ2) is 2.54. The molecular formula is C9H15NO3. The fraction of sp³-hybridized carbons (Fsp3) is 0.778. The summed E-state index contributed by atoms with van der Waals surface area (Å²) in [5, 5.41) is 30.8. The molecule has 1 saturated heterocycles. The number of hydrogen-bond donors (Lipinski definition) is 2. The van der Waals surface area contributed by atoms with Crippen molar-refractivity contribution in [2.75, 3.05) is 26.7 Å². The normalized spacial score (nSPS) is 49.2. The summed E-state index contributed by atoms with van der Waals surface area (Å²) in [7, 11) is 1.88. The van der Waals surface area contributed by atoms with Crippen LogP contribution in [0.1, 0.15) is 6.42 Å². The molecule has 3 atom stereocenters. The SMILES string of the molecule is C[N@@+]12CC=C(C[O-])[C@]1(O)[C@H](O)CC2. The van der Waals surface area contributed by atoms with Crippen molar-refractivity contribution in [3.63, 3.8) is 0 Å². The third kappa shape index (κ3) is 0.889. The van der Waals surface area contributed by atoms with E-state index in [-0.39, 0.29) is 0 Å². The Morgan fingerprint density at radius 3 is 3.08 bits per heavy atom.